The van der Waals surface area contributed by atoms with Crippen molar-refractivity contribution in [2.45, 2.75) is 32.1 Å². The molecule has 0 bridgehead atoms. The molecule has 8 nitrogen and oxygen atoms in total. The second-order valence-electron chi connectivity index (χ2n) is 5.91. The lowest BCUT2D eigenvalue weighted by molar-refractivity contribution is -0.384. The Labute approximate surface area is 151 Å². The molecular weight excluding hydrogens is 340 g/mol. The molecular formula is C18H22N2O6. The van der Waals surface area contributed by atoms with Gasteiger partial charge in [0.2, 0.25) is 0 Å². The molecule has 140 valence electrons. The van der Waals surface area contributed by atoms with Gasteiger partial charge in [-0.3, -0.25) is 14.9 Å². The van der Waals surface area contributed by atoms with E-state index in [9.17, 15) is 19.7 Å². The Bertz CT molecular complexity index is 669. The first-order valence-electron chi connectivity index (χ1n) is 8.52. The van der Waals surface area contributed by atoms with E-state index >= 15 is 0 Å². The molecule has 0 radical (unpaired) electrons. The highest BCUT2D eigenvalue weighted by Crippen LogP contribution is 2.19. The summed E-state index contributed by atoms with van der Waals surface area (Å²) in [6.45, 7) is -0.207. The first-order chi connectivity index (χ1) is 12.5. The molecule has 8 heteroatoms. The zero-order chi connectivity index (χ0) is 18.8. The summed E-state index contributed by atoms with van der Waals surface area (Å²) >= 11 is 0. The van der Waals surface area contributed by atoms with Crippen molar-refractivity contribution in [2.75, 3.05) is 19.8 Å². The molecule has 1 amide bonds. The number of ether oxygens (including phenoxy) is 2. The molecule has 26 heavy (non-hydrogen) atoms. The molecule has 0 spiro atoms. The third-order valence-electron chi connectivity index (χ3n) is 3.92. The molecule has 0 aliphatic heterocycles. The van der Waals surface area contributed by atoms with Gasteiger partial charge in [-0.05, 0) is 44.2 Å². The van der Waals surface area contributed by atoms with Gasteiger partial charge < -0.3 is 14.8 Å². The third kappa shape index (κ3) is 6.92. The summed E-state index contributed by atoms with van der Waals surface area (Å²) in [6.07, 6.45) is 7.68. The summed E-state index contributed by atoms with van der Waals surface area (Å²) in [5, 5.41) is 13.3. The van der Waals surface area contributed by atoms with E-state index in [1.165, 1.54) is 42.7 Å². The molecule has 0 unspecified atom stereocenters. The van der Waals surface area contributed by atoms with Gasteiger partial charge in [-0.2, -0.15) is 0 Å². The van der Waals surface area contributed by atoms with E-state index in [0.717, 1.165) is 19.3 Å². The van der Waals surface area contributed by atoms with Gasteiger partial charge in [0, 0.05) is 18.7 Å². The summed E-state index contributed by atoms with van der Waals surface area (Å²) in [7, 11) is 0. The van der Waals surface area contributed by atoms with Crippen molar-refractivity contribution in [1.29, 1.82) is 0 Å². The number of carbonyl (C=O) groups is 2. The van der Waals surface area contributed by atoms with E-state index in [1.807, 2.05) is 0 Å². The average molecular weight is 362 g/mol. The van der Waals surface area contributed by atoms with Crippen molar-refractivity contribution in [3.05, 3.63) is 46.0 Å². The molecule has 1 aromatic rings. The summed E-state index contributed by atoms with van der Waals surface area (Å²) in [6, 6.07) is 5.32. The van der Waals surface area contributed by atoms with E-state index in [4.69, 9.17) is 9.47 Å². The second-order valence-corrected chi connectivity index (χ2v) is 5.91. The number of nitro benzene ring substituents is 1. The van der Waals surface area contributed by atoms with E-state index in [-0.39, 0.29) is 24.8 Å². The van der Waals surface area contributed by atoms with Gasteiger partial charge in [0.15, 0.2) is 13.2 Å². The fraction of sp³-hybridized carbons (Fsp3) is 0.444. The molecule has 0 fully saturated rings. The van der Waals surface area contributed by atoms with Crippen LogP contribution in [0.2, 0.25) is 0 Å². The topological polar surface area (TPSA) is 108 Å². The van der Waals surface area contributed by atoms with Crippen LogP contribution in [-0.2, 0) is 14.3 Å². The van der Waals surface area contributed by atoms with E-state index in [2.05, 4.69) is 11.4 Å². The van der Waals surface area contributed by atoms with Crippen LogP contribution in [0.5, 0.6) is 5.75 Å². The molecule has 0 aromatic heterocycles. The average Bonchev–Trinajstić information content (AvgIpc) is 2.66. The third-order valence-corrected chi connectivity index (χ3v) is 3.92. The van der Waals surface area contributed by atoms with Gasteiger partial charge in [0.1, 0.15) is 5.75 Å². The minimum absolute atomic E-state index is 0.0689. The highest BCUT2D eigenvalue weighted by Gasteiger charge is 2.10. The number of benzene rings is 1. The highest BCUT2D eigenvalue weighted by molar-refractivity contribution is 5.80. The molecule has 0 saturated heterocycles. The Balaban J connectivity index is 1.59. The minimum Gasteiger partial charge on any atom is -0.482 e. The number of carbonyl (C=O) groups excluding carboxylic acids is 2. The Morgan fingerprint density at radius 3 is 2.58 bits per heavy atom. The second kappa shape index (κ2) is 10.2. The molecule has 1 N–H and O–H groups in total. The smallest absolute Gasteiger partial charge is 0.344 e. The number of esters is 1. The van der Waals surface area contributed by atoms with Gasteiger partial charge in [-0.25, -0.2) is 4.79 Å². The van der Waals surface area contributed by atoms with Gasteiger partial charge in [0.05, 0.1) is 4.92 Å². The number of nitrogens with one attached hydrogen (secondary N) is 1. The lowest BCUT2D eigenvalue weighted by Crippen LogP contribution is -2.30. The van der Waals surface area contributed by atoms with Gasteiger partial charge >= 0.3 is 5.97 Å². The van der Waals surface area contributed by atoms with Gasteiger partial charge in [-0.1, -0.05) is 11.6 Å². The Morgan fingerprint density at radius 1 is 1.15 bits per heavy atom. The van der Waals surface area contributed by atoms with Crippen molar-refractivity contribution in [3.63, 3.8) is 0 Å². The number of allylic oxidation sites excluding steroid dienone is 1. The zero-order valence-corrected chi connectivity index (χ0v) is 14.4. The van der Waals surface area contributed by atoms with E-state index in [0.29, 0.717) is 12.3 Å². The lowest BCUT2D eigenvalue weighted by Gasteiger charge is -2.13. The SMILES string of the molecule is O=C(COC(=O)COc1ccc([N+](=O)[O-])cc1)NCCC1=CCCCC1. The highest BCUT2D eigenvalue weighted by atomic mass is 16.6. The van der Waals surface area contributed by atoms with E-state index in [1.54, 1.807) is 0 Å². The van der Waals surface area contributed by atoms with E-state index < -0.39 is 10.9 Å². The largest absolute Gasteiger partial charge is 0.482 e. The van der Waals surface area contributed by atoms with Crippen LogP contribution in [0.1, 0.15) is 32.1 Å². The lowest BCUT2D eigenvalue weighted by atomic mass is 9.97. The maximum Gasteiger partial charge on any atom is 0.344 e. The number of nitro groups is 1. The summed E-state index contributed by atoms with van der Waals surface area (Å²) in [4.78, 5) is 33.2. The first-order valence-corrected chi connectivity index (χ1v) is 8.52. The molecule has 0 atom stereocenters. The maximum absolute atomic E-state index is 11.7. The normalized spacial score (nSPS) is 13.5. The van der Waals surface area contributed by atoms with Crippen LogP contribution in [0, 0.1) is 10.1 Å². The fourth-order valence-corrected chi connectivity index (χ4v) is 2.54. The number of non-ortho nitro benzene ring substituents is 1. The number of amides is 1. The zero-order valence-electron chi connectivity index (χ0n) is 14.4. The fourth-order valence-electron chi connectivity index (χ4n) is 2.54. The van der Waals surface area contributed by atoms with Crippen LogP contribution in [-0.4, -0.2) is 36.6 Å². The minimum atomic E-state index is -0.687. The number of hydrogen-bond donors (Lipinski definition) is 1. The molecule has 1 aliphatic rings. The summed E-state index contributed by atoms with van der Waals surface area (Å²) < 4.78 is 9.99. The standard InChI is InChI=1S/C18H22N2O6/c21-17(19-11-10-14-4-2-1-3-5-14)12-26-18(22)13-25-16-8-6-15(7-9-16)20(23)24/h4,6-9H,1-3,5,10-13H2,(H,19,21). The molecule has 1 aliphatic carbocycles. The summed E-state index contributed by atoms with van der Waals surface area (Å²) in [5.41, 5.74) is 1.30. The monoisotopic (exact) mass is 362 g/mol. The quantitative estimate of drug-likeness (QED) is 0.313. The Hall–Kier alpha value is -2.90. The van der Waals surface area contributed by atoms with Gasteiger partial charge in [-0.15, -0.1) is 0 Å². The Morgan fingerprint density at radius 2 is 1.92 bits per heavy atom. The van der Waals surface area contributed by atoms with Crippen LogP contribution in [0.4, 0.5) is 5.69 Å². The maximum atomic E-state index is 11.7. The molecule has 1 aromatic carbocycles. The Kier molecular flexibility index (Phi) is 7.60. The van der Waals surface area contributed by atoms with Crippen LogP contribution in [0.15, 0.2) is 35.9 Å². The van der Waals surface area contributed by atoms with Crippen LogP contribution >= 0.6 is 0 Å². The van der Waals surface area contributed by atoms with Crippen LogP contribution < -0.4 is 10.1 Å². The van der Waals surface area contributed by atoms with Crippen molar-refractivity contribution >= 4 is 17.6 Å². The van der Waals surface area contributed by atoms with Crippen molar-refractivity contribution < 1.29 is 24.0 Å². The molecule has 0 saturated carbocycles. The number of hydrogen-bond acceptors (Lipinski definition) is 6. The summed E-state index contributed by atoms with van der Waals surface area (Å²) in [5.74, 6) is -0.739. The number of nitrogens with zero attached hydrogens (tertiary/aromatic N) is 1. The predicted molar refractivity (Wildman–Crippen MR) is 93.7 cm³/mol. The van der Waals surface area contributed by atoms with Crippen molar-refractivity contribution in [2.24, 2.45) is 0 Å². The molecule has 2 rings (SSSR count). The predicted octanol–water partition coefficient (Wildman–Crippen LogP) is 2.52. The number of rotatable bonds is 9. The van der Waals surface area contributed by atoms with Gasteiger partial charge in [0.25, 0.3) is 11.6 Å². The van der Waals surface area contributed by atoms with Crippen LogP contribution in [0.3, 0.4) is 0 Å². The van der Waals surface area contributed by atoms with Crippen LogP contribution in [0.25, 0.3) is 0 Å². The van der Waals surface area contributed by atoms with Crippen molar-refractivity contribution in [3.8, 4) is 5.75 Å². The first kappa shape index (κ1) is 19.4. The molecule has 0 heterocycles. The van der Waals surface area contributed by atoms with Crippen molar-refractivity contribution in [1.82, 2.24) is 5.32 Å².